The molecular weight excluding hydrogens is 336 g/mol. The van der Waals surface area contributed by atoms with Crippen molar-refractivity contribution in [3.8, 4) is 0 Å². The highest BCUT2D eigenvalue weighted by Gasteiger charge is 2.20. The second-order valence-electron chi connectivity index (χ2n) is 6.06. The van der Waals surface area contributed by atoms with Crippen molar-refractivity contribution in [2.24, 2.45) is 0 Å². The number of pyridine rings is 1. The molecule has 0 spiro atoms. The maximum Gasteiger partial charge on any atom is 0.339 e. The molecule has 0 aliphatic carbocycles. The topological polar surface area (TPSA) is 97.6 Å². The van der Waals surface area contributed by atoms with Gasteiger partial charge in [0.05, 0.1) is 17.6 Å². The third-order valence-corrected chi connectivity index (χ3v) is 4.34. The minimum absolute atomic E-state index is 0.0326. The fourth-order valence-corrected chi connectivity index (χ4v) is 2.96. The Hall–Kier alpha value is -3.16. The normalized spacial score (nSPS) is 14.0. The number of ether oxygens (including phenoxy) is 1. The molecule has 0 radical (unpaired) electrons. The second-order valence-corrected chi connectivity index (χ2v) is 6.06. The molecule has 0 atom stereocenters. The van der Waals surface area contributed by atoms with E-state index in [0.717, 1.165) is 24.8 Å². The largest absolute Gasteiger partial charge is 0.465 e. The Bertz CT molecular complexity index is 801. The number of rotatable bonds is 5. The van der Waals surface area contributed by atoms with Crippen LogP contribution in [0.3, 0.4) is 0 Å². The lowest BCUT2D eigenvalue weighted by molar-refractivity contribution is -0.384. The van der Waals surface area contributed by atoms with Crippen LogP contribution in [0.25, 0.3) is 0 Å². The summed E-state index contributed by atoms with van der Waals surface area (Å²) in [6.07, 6.45) is 4.92. The molecule has 8 nitrogen and oxygen atoms in total. The summed E-state index contributed by atoms with van der Waals surface area (Å²) >= 11 is 0. The molecule has 1 aromatic heterocycles. The number of carbonyl (C=O) groups excluding carboxylic acids is 1. The first kappa shape index (κ1) is 17.7. The maximum absolute atomic E-state index is 11.5. The molecule has 1 aromatic carbocycles. The van der Waals surface area contributed by atoms with E-state index in [4.69, 9.17) is 0 Å². The lowest BCUT2D eigenvalue weighted by Crippen LogP contribution is -2.29. The van der Waals surface area contributed by atoms with Gasteiger partial charge in [-0.2, -0.15) is 0 Å². The highest BCUT2D eigenvalue weighted by Crippen LogP contribution is 2.28. The quantitative estimate of drug-likeness (QED) is 0.497. The van der Waals surface area contributed by atoms with Gasteiger partial charge in [0.25, 0.3) is 0 Å². The third-order valence-electron chi connectivity index (χ3n) is 4.34. The van der Waals surface area contributed by atoms with Gasteiger partial charge in [-0.1, -0.05) is 0 Å². The first-order chi connectivity index (χ1) is 12.6. The van der Waals surface area contributed by atoms with Crippen molar-refractivity contribution >= 4 is 28.8 Å². The van der Waals surface area contributed by atoms with Gasteiger partial charge in [-0.05, 0) is 43.5 Å². The number of hydrogen-bond donors (Lipinski definition) is 1. The number of hydrogen-bond acceptors (Lipinski definition) is 7. The molecule has 1 fully saturated rings. The minimum Gasteiger partial charge on any atom is -0.465 e. The monoisotopic (exact) mass is 356 g/mol. The average molecular weight is 356 g/mol. The highest BCUT2D eigenvalue weighted by atomic mass is 16.6. The highest BCUT2D eigenvalue weighted by molar-refractivity contribution is 5.90. The van der Waals surface area contributed by atoms with Gasteiger partial charge in [-0.15, -0.1) is 0 Å². The Morgan fingerprint density at radius 1 is 1.23 bits per heavy atom. The van der Waals surface area contributed by atoms with Crippen LogP contribution in [-0.2, 0) is 4.74 Å². The number of esters is 1. The smallest absolute Gasteiger partial charge is 0.339 e. The number of benzene rings is 1. The molecule has 1 N–H and O–H groups in total. The summed E-state index contributed by atoms with van der Waals surface area (Å²) in [5.74, 6) is -0.591. The van der Waals surface area contributed by atoms with Gasteiger partial charge in [0.15, 0.2) is 0 Å². The molecule has 26 heavy (non-hydrogen) atoms. The molecule has 2 heterocycles. The minimum atomic E-state index is -0.668. The molecule has 1 saturated heterocycles. The van der Waals surface area contributed by atoms with Crippen LogP contribution in [0.5, 0.6) is 0 Å². The van der Waals surface area contributed by atoms with E-state index in [-0.39, 0.29) is 17.1 Å². The molecule has 1 aliphatic heterocycles. The first-order valence-electron chi connectivity index (χ1n) is 8.43. The maximum atomic E-state index is 11.5. The standard InChI is InChI=1S/C18H20N4O4/c1-26-18(23)13-11-16(22(24)25)17(19-12-13)20-14-5-7-15(8-6-14)21-9-3-2-4-10-21/h5-8,11-12H,2-4,9-10H2,1H3,(H,19,20). The van der Waals surface area contributed by atoms with Crippen molar-refractivity contribution in [3.63, 3.8) is 0 Å². The molecule has 1 aliphatic rings. The Labute approximate surface area is 150 Å². The number of carbonyl (C=O) groups is 1. The van der Waals surface area contributed by atoms with E-state index in [1.54, 1.807) is 0 Å². The fraction of sp³-hybridized carbons (Fsp3) is 0.333. The Morgan fingerprint density at radius 3 is 2.54 bits per heavy atom. The second kappa shape index (κ2) is 7.81. The van der Waals surface area contributed by atoms with E-state index < -0.39 is 10.9 Å². The van der Waals surface area contributed by atoms with Crippen LogP contribution < -0.4 is 10.2 Å². The molecule has 0 saturated carbocycles. The number of nitro groups is 1. The van der Waals surface area contributed by atoms with Gasteiger partial charge in [0, 0.05) is 36.7 Å². The third kappa shape index (κ3) is 3.90. The summed E-state index contributed by atoms with van der Waals surface area (Å²) in [4.78, 5) is 28.6. The van der Waals surface area contributed by atoms with Crippen molar-refractivity contribution in [1.29, 1.82) is 0 Å². The van der Waals surface area contributed by atoms with Crippen molar-refractivity contribution < 1.29 is 14.5 Å². The van der Waals surface area contributed by atoms with Gasteiger partial charge < -0.3 is 15.0 Å². The van der Waals surface area contributed by atoms with Crippen molar-refractivity contribution in [3.05, 3.63) is 52.2 Å². The number of nitrogens with zero attached hydrogens (tertiary/aromatic N) is 3. The van der Waals surface area contributed by atoms with Gasteiger partial charge in [-0.3, -0.25) is 10.1 Å². The first-order valence-corrected chi connectivity index (χ1v) is 8.43. The number of nitrogens with one attached hydrogen (secondary N) is 1. The Morgan fingerprint density at radius 2 is 1.92 bits per heavy atom. The molecule has 8 heteroatoms. The summed E-state index contributed by atoms with van der Waals surface area (Å²) in [6.45, 7) is 2.10. The van der Waals surface area contributed by atoms with Gasteiger partial charge >= 0.3 is 11.7 Å². The molecule has 136 valence electrons. The van der Waals surface area contributed by atoms with Crippen LogP contribution in [0.15, 0.2) is 36.5 Å². The molecule has 0 amide bonds. The van der Waals surface area contributed by atoms with E-state index in [1.807, 2.05) is 24.3 Å². The Balaban J connectivity index is 1.79. The molecule has 3 rings (SSSR count). The lowest BCUT2D eigenvalue weighted by atomic mass is 10.1. The predicted octanol–water partition coefficient (Wildman–Crippen LogP) is 3.51. The van der Waals surface area contributed by atoms with E-state index in [2.05, 4.69) is 19.9 Å². The SMILES string of the molecule is COC(=O)c1cnc(Nc2ccc(N3CCCCC3)cc2)c([N+](=O)[O-])c1. The summed E-state index contributed by atoms with van der Waals surface area (Å²) in [7, 11) is 1.21. The number of anilines is 3. The molecule has 0 bridgehead atoms. The van der Waals surface area contributed by atoms with E-state index in [1.165, 1.54) is 32.6 Å². The number of aromatic nitrogens is 1. The van der Waals surface area contributed by atoms with E-state index >= 15 is 0 Å². The zero-order chi connectivity index (χ0) is 18.5. The van der Waals surface area contributed by atoms with Gasteiger partial charge in [0.1, 0.15) is 0 Å². The summed E-state index contributed by atoms with van der Waals surface area (Å²) in [5.41, 5.74) is 1.57. The zero-order valence-electron chi connectivity index (χ0n) is 14.5. The van der Waals surface area contributed by atoms with E-state index in [9.17, 15) is 14.9 Å². The van der Waals surface area contributed by atoms with Crippen LogP contribution >= 0.6 is 0 Å². The summed E-state index contributed by atoms with van der Waals surface area (Å²) in [6, 6.07) is 8.86. The van der Waals surface area contributed by atoms with Crippen LogP contribution in [0.1, 0.15) is 29.6 Å². The van der Waals surface area contributed by atoms with Crippen molar-refractivity contribution in [1.82, 2.24) is 4.98 Å². The molecule has 2 aromatic rings. The molecule has 0 unspecified atom stereocenters. The fourth-order valence-electron chi connectivity index (χ4n) is 2.96. The number of methoxy groups -OCH3 is 1. The van der Waals surface area contributed by atoms with Crippen LogP contribution in [0.2, 0.25) is 0 Å². The van der Waals surface area contributed by atoms with Gasteiger partial charge in [0.2, 0.25) is 5.82 Å². The van der Waals surface area contributed by atoms with Gasteiger partial charge in [-0.25, -0.2) is 9.78 Å². The molecular formula is C18H20N4O4. The number of piperidine rings is 1. The zero-order valence-corrected chi connectivity index (χ0v) is 14.5. The summed E-state index contributed by atoms with van der Waals surface area (Å²) in [5, 5.41) is 14.2. The van der Waals surface area contributed by atoms with Crippen LogP contribution in [0, 0.1) is 10.1 Å². The van der Waals surface area contributed by atoms with Crippen LogP contribution in [-0.4, -0.2) is 36.1 Å². The van der Waals surface area contributed by atoms with E-state index in [0.29, 0.717) is 5.69 Å². The van der Waals surface area contributed by atoms with Crippen molar-refractivity contribution in [2.75, 3.05) is 30.4 Å². The van der Waals surface area contributed by atoms with Crippen LogP contribution in [0.4, 0.5) is 22.9 Å². The Kier molecular flexibility index (Phi) is 5.31. The predicted molar refractivity (Wildman–Crippen MR) is 98.0 cm³/mol. The average Bonchev–Trinajstić information content (AvgIpc) is 2.68. The van der Waals surface area contributed by atoms with Crippen molar-refractivity contribution in [2.45, 2.75) is 19.3 Å². The lowest BCUT2D eigenvalue weighted by Gasteiger charge is -2.28. The summed E-state index contributed by atoms with van der Waals surface area (Å²) < 4.78 is 4.57.